The lowest BCUT2D eigenvalue weighted by Gasteiger charge is -2.09. The van der Waals surface area contributed by atoms with Crippen molar-refractivity contribution in [2.75, 3.05) is 11.1 Å². The van der Waals surface area contributed by atoms with E-state index in [1.165, 1.54) is 12.3 Å². The van der Waals surface area contributed by atoms with Crippen molar-refractivity contribution in [3.63, 3.8) is 0 Å². The van der Waals surface area contributed by atoms with Crippen LogP contribution in [0.5, 0.6) is 0 Å². The molecule has 0 aliphatic rings. The smallest absolute Gasteiger partial charge is 0.294 e. The van der Waals surface area contributed by atoms with E-state index in [-0.39, 0.29) is 5.76 Å². The highest BCUT2D eigenvalue weighted by Gasteiger charge is 2.15. The van der Waals surface area contributed by atoms with Crippen molar-refractivity contribution in [2.24, 2.45) is 0 Å². The van der Waals surface area contributed by atoms with Crippen LogP contribution in [0.15, 0.2) is 35.0 Å². The Morgan fingerprint density at radius 2 is 2.24 bits per heavy atom. The normalized spacial score (nSPS) is 10.8. The highest BCUT2D eigenvalue weighted by atomic mass is 35.5. The average Bonchev–Trinajstić information content (AvgIpc) is 2.89. The summed E-state index contributed by atoms with van der Waals surface area (Å²) < 4.78 is 4.90. The van der Waals surface area contributed by atoms with Gasteiger partial charge >= 0.3 is 0 Å². The molecule has 0 radical (unpaired) electrons. The molecule has 0 aliphatic heterocycles. The number of hydrogen-bond donors (Lipinski definition) is 2. The number of benzene rings is 1. The van der Waals surface area contributed by atoms with Gasteiger partial charge in [-0.3, -0.25) is 9.78 Å². The number of aromatic nitrogens is 2. The Labute approximate surface area is 124 Å². The van der Waals surface area contributed by atoms with E-state index < -0.39 is 5.91 Å². The second-order valence-corrected chi connectivity index (χ2v) is 4.92. The van der Waals surface area contributed by atoms with E-state index in [1.54, 1.807) is 25.1 Å². The van der Waals surface area contributed by atoms with Gasteiger partial charge in [0.15, 0.2) is 0 Å². The number of nitrogens with two attached hydrogens (primary N) is 1. The predicted molar refractivity (Wildman–Crippen MR) is 80.4 cm³/mol. The van der Waals surface area contributed by atoms with E-state index >= 15 is 0 Å². The van der Waals surface area contributed by atoms with E-state index in [2.05, 4.69) is 15.5 Å². The number of nitrogen functional groups attached to an aromatic ring is 1. The highest BCUT2D eigenvalue weighted by molar-refractivity contribution is 6.35. The van der Waals surface area contributed by atoms with Crippen LogP contribution in [0.4, 0.5) is 11.4 Å². The molecule has 1 aromatic carbocycles. The molecule has 0 bridgehead atoms. The number of carbonyl (C=O) groups excluding carboxylic acids is 1. The molecule has 106 valence electrons. The topological polar surface area (TPSA) is 94.0 Å². The van der Waals surface area contributed by atoms with Crippen molar-refractivity contribution in [2.45, 2.75) is 6.92 Å². The van der Waals surface area contributed by atoms with E-state index in [1.807, 2.05) is 0 Å². The Bertz CT molecular complexity index is 844. The molecule has 2 heterocycles. The number of nitrogens with zero attached hydrogens (tertiary/aromatic N) is 2. The largest absolute Gasteiger partial charge is 0.396 e. The first kappa shape index (κ1) is 13.4. The minimum atomic E-state index is -0.439. The van der Waals surface area contributed by atoms with Gasteiger partial charge in [-0.05, 0) is 13.0 Å². The van der Waals surface area contributed by atoms with Gasteiger partial charge in [-0.15, -0.1) is 0 Å². The molecule has 0 aliphatic carbocycles. The van der Waals surface area contributed by atoms with Crippen LogP contribution in [0.2, 0.25) is 5.02 Å². The maximum Gasteiger partial charge on any atom is 0.294 e. The number of halogens is 1. The third-order valence-electron chi connectivity index (χ3n) is 2.99. The standard InChI is InChI=1S/C14H11ClN4O2/c1-7-5-11(21-19-7)14(20)18-10-6-17-13-8(12(10)16)3-2-4-9(13)15/h2-6H,1H3,(H2,16,17)(H,18,20). The highest BCUT2D eigenvalue weighted by Crippen LogP contribution is 2.30. The summed E-state index contributed by atoms with van der Waals surface area (Å²) in [5.41, 5.74) is 8.06. The molecule has 0 saturated heterocycles. The Kier molecular flexibility index (Phi) is 3.23. The van der Waals surface area contributed by atoms with Crippen LogP contribution >= 0.6 is 11.6 Å². The first-order valence-corrected chi connectivity index (χ1v) is 6.51. The summed E-state index contributed by atoms with van der Waals surface area (Å²) in [5.74, 6) is -0.330. The number of rotatable bonds is 2. The summed E-state index contributed by atoms with van der Waals surface area (Å²) in [6.45, 7) is 1.73. The van der Waals surface area contributed by atoms with Gasteiger partial charge in [0.1, 0.15) is 0 Å². The molecule has 3 N–H and O–H groups in total. The minimum absolute atomic E-state index is 0.109. The van der Waals surface area contributed by atoms with Crippen LogP contribution in [-0.2, 0) is 0 Å². The third kappa shape index (κ3) is 2.41. The second kappa shape index (κ2) is 5.06. The first-order valence-electron chi connectivity index (χ1n) is 6.13. The average molecular weight is 303 g/mol. The summed E-state index contributed by atoms with van der Waals surface area (Å²) in [6, 6.07) is 6.83. The van der Waals surface area contributed by atoms with Gasteiger partial charge in [-0.1, -0.05) is 28.9 Å². The lowest BCUT2D eigenvalue weighted by molar-refractivity contribution is 0.0988. The maximum atomic E-state index is 12.0. The number of pyridine rings is 1. The minimum Gasteiger partial charge on any atom is -0.396 e. The van der Waals surface area contributed by atoms with Crippen molar-refractivity contribution in [1.82, 2.24) is 10.1 Å². The van der Waals surface area contributed by atoms with Crippen LogP contribution in [0.3, 0.4) is 0 Å². The number of para-hydroxylation sites is 1. The van der Waals surface area contributed by atoms with Crippen LogP contribution in [-0.4, -0.2) is 16.0 Å². The fraction of sp³-hybridized carbons (Fsp3) is 0.0714. The fourth-order valence-corrected chi connectivity index (χ4v) is 2.19. The molecule has 0 fully saturated rings. The molecule has 7 heteroatoms. The zero-order valence-corrected chi connectivity index (χ0v) is 11.8. The number of aryl methyl sites for hydroxylation is 1. The zero-order chi connectivity index (χ0) is 15.0. The van der Waals surface area contributed by atoms with Crippen molar-refractivity contribution in [1.29, 1.82) is 0 Å². The first-order chi connectivity index (χ1) is 10.1. The molecule has 0 spiro atoms. The van der Waals surface area contributed by atoms with Crippen LogP contribution in [0.25, 0.3) is 10.9 Å². The van der Waals surface area contributed by atoms with E-state index in [9.17, 15) is 4.79 Å². The Morgan fingerprint density at radius 3 is 2.95 bits per heavy atom. The zero-order valence-electron chi connectivity index (χ0n) is 11.1. The van der Waals surface area contributed by atoms with Crippen LogP contribution in [0, 0.1) is 6.92 Å². The van der Waals surface area contributed by atoms with E-state index in [0.717, 1.165) is 0 Å². The molecule has 0 atom stereocenters. The lowest BCUT2D eigenvalue weighted by atomic mass is 10.1. The molecule has 6 nitrogen and oxygen atoms in total. The number of nitrogens with one attached hydrogen (secondary N) is 1. The maximum absolute atomic E-state index is 12.0. The summed E-state index contributed by atoms with van der Waals surface area (Å²) >= 11 is 6.06. The van der Waals surface area contributed by atoms with Crippen LogP contribution in [0.1, 0.15) is 16.2 Å². The monoisotopic (exact) mass is 302 g/mol. The van der Waals surface area contributed by atoms with Crippen molar-refractivity contribution >= 4 is 39.8 Å². The van der Waals surface area contributed by atoms with Gasteiger partial charge in [-0.2, -0.15) is 0 Å². The SMILES string of the molecule is Cc1cc(C(=O)Nc2cnc3c(Cl)cccc3c2N)on1. The third-order valence-corrected chi connectivity index (χ3v) is 3.29. The molecule has 2 aromatic heterocycles. The van der Waals surface area contributed by atoms with Gasteiger partial charge in [0.2, 0.25) is 5.76 Å². The molecule has 0 saturated carbocycles. The summed E-state index contributed by atoms with van der Waals surface area (Å²) in [4.78, 5) is 16.2. The van der Waals surface area contributed by atoms with Gasteiger partial charge in [0.05, 0.1) is 33.8 Å². The second-order valence-electron chi connectivity index (χ2n) is 4.51. The quantitative estimate of drug-likeness (QED) is 0.759. The predicted octanol–water partition coefficient (Wildman–Crippen LogP) is 3.02. The van der Waals surface area contributed by atoms with Gasteiger partial charge in [0, 0.05) is 11.5 Å². The number of hydrogen-bond acceptors (Lipinski definition) is 5. The number of carbonyl (C=O) groups is 1. The molecule has 3 aromatic rings. The molecule has 21 heavy (non-hydrogen) atoms. The summed E-state index contributed by atoms with van der Waals surface area (Å²) in [7, 11) is 0. The van der Waals surface area contributed by atoms with Gasteiger partial charge in [-0.25, -0.2) is 0 Å². The van der Waals surface area contributed by atoms with Gasteiger partial charge in [0.25, 0.3) is 5.91 Å². The number of anilines is 2. The molecule has 1 amide bonds. The van der Waals surface area contributed by atoms with Crippen molar-refractivity contribution < 1.29 is 9.32 Å². The number of fused-ring (bicyclic) bond motifs is 1. The molecular formula is C14H11ClN4O2. The Morgan fingerprint density at radius 1 is 1.43 bits per heavy atom. The summed E-state index contributed by atoms with van der Waals surface area (Å²) in [6.07, 6.45) is 1.46. The molecule has 0 unspecified atom stereocenters. The summed E-state index contributed by atoms with van der Waals surface area (Å²) in [5, 5.41) is 7.49. The molecule has 3 rings (SSSR count). The fourth-order valence-electron chi connectivity index (χ4n) is 1.96. The van der Waals surface area contributed by atoms with Crippen molar-refractivity contribution in [3.8, 4) is 0 Å². The Balaban J connectivity index is 1.98. The Hall–Kier alpha value is -2.60. The number of amides is 1. The van der Waals surface area contributed by atoms with E-state index in [0.29, 0.717) is 33.0 Å². The van der Waals surface area contributed by atoms with Gasteiger partial charge < -0.3 is 15.6 Å². The lowest BCUT2D eigenvalue weighted by Crippen LogP contribution is -2.13. The van der Waals surface area contributed by atoms with Crippen LogP contribution < -0.4 is 11.1 Å². The van der Waals surface area contributed by atoms with E-state index in [4.69, 9.17) is 21.9 Å². The van der Waals surface area contributed by atoms with Crippen molar-refractivity contribution in [3.05, 3.63) is 46.9 Å². The molecular weight excluding hydrogens is 292 g/mol.